The number of ether oxygens (including phenoxy) is 1. The Bertz CT molecular complexity index is 341. The van der Waals surface area contributed by atoms with Gasteiger partial charge in [0.05, 0.1) is 6.61 Å². The molecule has 1 atom stereocenters. The highest BCUT2D eigenvalue weighted by molar-refractivity contribution is 5.82. The zero-order valence-electron chi connectivity index (χ0n) is 12.4. The molecule has 0 saturated carbocycles. The number of hydrogen-bond donors (Lipinski definition) is 3. The number of carbonyl (C=O) groups is 2. The van der Waals surface area contributed by atoms with Crippen molar-refractivity contribution in [3.63, 3.8) is 0 Å². The van der Waals surface area contributed by atoms with Crippen LogP contribution in [0.1, 0.15) is 19.8 Å². The maximum atomic E-state index is 11.7. The van der Waals surface area contributed by atoms with Crippen molar-refractivity contribution in [2.75, 3.05) is 40.4 Å². The Hall–Kier alpha value is -1.34. The number of rotatable bonds is 6. The van der Waals surface area contributed by atoms with E-state index >= 15 is 0 Å². The van der Waals surface area contributed by atoms with E-state index in [9.17, 15) is 9.59 Å². The van der Waals surface area contributed by atoms with E-state index in [0.29, 0.717) is 6.54 Å². The van der Waals surface area contributed by atoms with Crippen molar-refractivity contribution in [1.29, 1.82) is 0 Å². The fraction of sp³-hybridized carbons (Fsp3) is 0.846. The summed E-state index contributed by atoms with van der Waals surface area (Å²) in [4.78, 5) is 24.9. The van der Waals surface area contributed by atoms with E-state index < -0.39 is 18.0 Å². The van der Waals surface area contributed by atoms with Gasteiger partial charge in [0.25, 0.3) is 0 Å². The normalized spacial score (nSPS) is 20.1. The predicted octanol–water partition coefficient (Wildman–Crippen LogP) is 0.117. The first-order valence-corrected chi connectivity index (χ1v) is 6.81. The molecule has 1 fully saturated rings. The first kappa shape index (κ1) is 16.7. The zero-order chi connectivity index (χ0) is 15.2. The largest absolute Gasteiger partial charge is 0.480 e. The summed E-state index contributed by atoms with van der Waals surface area (Å²) >= 11 is 0. The Morgan fingerprint density at radius 1 is 1.40 bits per heavy atom. The monoisotopic (exact) mass is 287 g/mol. The standard InChI is InChI=1S/C13H25N3O4/c1-13(4-6-16(2)7-5-13)9-14-12(19)15-10(8-20-3)11(17)18/h10H,4-9H2,1-3H3,(H,17,18)(H2,14,15,19). The number of carbonyl (C=O) groups excluding carboxylic acids is 1. The Morgan fingerprint density at radius 2 is 2.00 bits per heavy atom. The molecular formula is C13H25N3O4. The number of carboxylic acids is 1. The minimum absolute atomic E-state index is 0.0508. The highest BCUT2D eigenvalue weighted by atomic mass is 16.5. The molecule has 116 valence electrons. The highest BCUT2D eigenvalue weighted by Crippen LogP contribution is 2.29. The van der Waals surface area contributed by atoms with Crippen LogP contribution in [0.4, 0.5) is 4.79 Å². The van der Waals surface area contributed by atoms with Gasteiger partial charge in [-0.25, -0.2) is 9.59 Å². The van der Waals surface area contributed by atoms with E-state index in [1.807, 2.05) is 0 Å². The summed E-state index contributed by atoms with van der Waals surface area (Å²) in [6, 6.07) is -1.49. The smallest absolute Gasteiger partial charge is 0.328 e. The molecule has 1 aliphatic rings. The van der Waals surface area contributed by atoms with Crippen molar-refractivity contribution in [2.24, 2.45) is 5.41 Å². The van der Waals surface area contributed by atoms with Crippen molar-refractivity contribution in [3.05, 3.63) is 0 Å². The quantitative estimate of drug-likeness (QED) is 0.645. The van der Waals surface area contributed by atoms with E-state index in [4.69, 9.17) is 9.84 Å². The fourth-order valence-electron chi connectivity index (χ4n) is 2.18. The van der Waals surface area contributed by atoms with E-state index in [1.165, 1.54) is 7.11 Å². The molecular weight excluding hydrogens is 262 g/mol. The van der Waals surface area contributed by atoms with Crippen molar-refractivity contribution in [3.8, 4) is 0 Å². The molecule has 0 spiro atoms. The Balaban J connectivity index is 2.37. The Kier molecular flexibility index (Phi) is 6.22. The van der Waals surface area contributed by atoms with Crippen molar-refractivity contribution in [2.45, 2.75) is 25.8 Å². The third-order valence-corrected chi connectivity index (χ3v) is 3.81. The van der Waals surface area contributed by atoms with Crippen molar-refractivity contribution >= 4 is 12.0 Å². The van der Waals surface area contributed by atoms with Gasteiger partial charge in [0.1, 0.15) is 0 Å². The molecule has 0 aromatic heterocycles. The number of nitrogens with zero attached hydrogens (tertiary/aromatic N) is 1. The second-order valence-corrected chi connectivity index (χ2v) is 5.79. The summed E-state index contributed by atoms with van der Waals surface area (Å²) in [5.41, 5.74) is 0.0732. The number of likely N-dealkylation sites (tertiary alicyclic amines) is 1. The Morgan fingerprint density at radius 3 is 2.50 bits per heavy atom. The molecule has 20 heavy (non-hydrogen) atoms. The van der Waals surface area contributed by atoms with Crippen LogP contribution >= 0.6 is 0 Å². The molecule has 7 nitrogen and oxygen atoms in total. The predicted molar refractivity (Wildman–Crippen MR) is 74.7 cm³/mol. The molecule has 1 aliphatic heterocycles. The summed E-state index contributed by atoms with van der Waals surface area (Å²) in [6.07, 6.45) is 2.04. The third-order valence-electron chi connectivity index (χ3n) is 3.81. The zero-order valence-corrected chi connectivity index (χ0v) is 12.4. The molecule has 0 bridgehead atoms. The molecule has 0 radical (unpaired) electrons. The highest BCUT2D eigenvalue weighted by Gasteiger charge is 2.29. The molecule has 1 saturated heterocycles. The fourth-order valence-corrected chi connectivity index (χ4v) is 2.18. The maximum absolute atomic E-state index is 11.7. The number of carboxylic acid groups (broad SMARTS) is 1. The van der Waals surface area contributed by atoms with Crippen LogP contribution in [0.5, 0.6) is 0 Å². The van der Waals surface area contributed by atoms with E-state index in [-0.39, 0.29) is 12.0 Å². The number of nitrogens with one attached hydrogen (secondary N) is 2. The van der Waals surface area contributed by atoms with Crippen molar-refractivity contribution in [1.82, 2.24) is 15.5 Å². The van der Waals surface area contributed by atoms with Gasteiger partial charge < -0.3 is 25.4 Å². The average molecular weight is 287 g/mol. The molecule has 1 rings (SSSR count). The van der Waals surface area contributed by atoms with Gasteiger partial charge in [-0.05, 0) is 38.4 Å². The summed E-state index contributed by atoms with van der Waals surface area (Å²) in [5, 5.41) is 14.1. The lowest BCUT2D eigenvalue weighted by molar-refractivity contribution is -0.140. The van der Waals surface area contributed by atoms with Crippen LogP contribution in [-0.2, 0) is 9.53 Å². The van der Waals surface area contributed by atoms with Gasteiger partial charge >= 0.3 is 12.0 Å². The van der Waals surface area contributed by atoms with E-state index in [2.05, 4.69) is 29.5 Å². The van der Waals surface area contributed by atoms with Crippen LogP contribution in [0, 0.1) is 5.41 Å². The molecule has 7 heteroatoms. The van der Waals surface area contributed by atoms with Crippen LogP contribution in [0.3, 0.4) is 0 Å². The van der Waals surface area contributed by atoms with Gasteiger partial charge in [0, 0.05) is 13.7 Å². The van der Waals surface area contributed by atoms with E-state index in [1.54, 1.807) is 0 Å². The molecule has 0 aliphatic carbocycles. The molecule has 0 aromatic rings. The number of aliphatic carboxylic acids is 1. The van der Waals surface area contributed by atoms with Crippen LogP contribution in [0.2, 0.25) is 0 Å². The molecule has 1 unspecified atom stereocenters. The maximum Gasteiger partial charge on any atom is 0.328 e. The minimum Gasteiger partial charge on any atom is -0.480 e. The summed E-state index contributed by atoms with van der Waals surface area (Å²) < 4.78 is 4.76. The van der Waals surface area contributed by atoms with Crippen LogP contribution in [0.25, 0.3) is 0 Å². The SMILES string of the molecule is COCC(NC(=O)NCC1(C)CCN(C)CC1)C(=O)O. The number of hydrogen-bond acceptors (Lipinski definition) is 4. The van der Waals surface area contributed by atoms with Crippen molar-refractivity contribution < 1.29 is 19.4 Å². The van der Waals surface area contributed by atoms with Crippen LogP contribution in [-0.4, -0.2) is 68.4 Å². The molecule has 2 amide bonds. The number of amides is 2. The molecule has 3 N–H and O–H groups in total. The average Bonchev–Trinajstić information content (AvgIpc) is 2.40. The number of piperidine rings is 1. The molecule has 1 heterocycles. The van der Waals surface area contributed by atoms with E-state index in [0.717, 1.165) is 25.9 Å². The molecule has 0 aromatic carbocycles. The van der Waals surface area contributed by atoms with Gasteiger partial charge in [-0.1, -0.05) is 6.92 Å². The lowest BCUT2D eigenvalue weighted by Gasteiger charge is -2.38. The van der Waals surface area contributed by atoms with Gasteiger partial charge in [-0.2, -0.15) is 0 Å². The van der Waals surface area contributed by atoms with Crippen LogP contribution in [0.15, 0.2) is 0 Å². The first-order valence-electron chi connectivity index (χ1n) is 6.81. The lowest BCUT2D eigenvalue weighted by Crippen LogP contribution is -2.51. The Labute approximate surface area is 119 Å². The lowest BCUT2D eigenvalue weighted by atomic mass is 9.80. The minimum atomic E-state index is -1.10. The second kappa shape index (κ2) is 7.44. The second-order valence-electron chi connectivity index (χ2n) is 5.79. The summed E-state index contributed by atoms with van der Waals surface area (Å²) in [6.45, 7) is 4.67. The number of methoxy groups -OCH3 is 1. The summed E-state index contributed by atoms with van der Waals surface area (Å²) in [5.74, 6) is -1.10. The summed E-state index contributed by atoms with van der Waals surface area (Å²) in [7, 11) is 3.48. The topological polar surface area (TPSA) is 90.9 Å². The van der Waals surface area contributed by atoms with Crippen LogP contribution < -0.4 is 10.6 Å². The van der Waals surface area contributed by atoms with Gasteiger partial charge in [-0.15, -0.1) is 0 Å². The van der Waals surface area contributed by atoms with Gasteiger partial charge in [0.15, 0.2) is 6.04 Å². The first-order chi connectivity index (χ1) is 9.36. The van der Waals surface area contributed by atoms with Gasteiger partial charge in [0.2, 0.25) is 0 Å². The number of urea groups is 1. The third kappa shape index (κ3) is 5.34. The van der Waals surface area contributed by atoms with Gasteiger partial charge in [-0.3, -0.25) is 0 Å².